The lowest BCUT2D eigenvalue weighted by atomic mass is 10.2. The van der Waals surface area contributed by atoms with Gasteiger partial charge in [0.15, 0.2) is 6.61 Å². The van der Waals surface area contributed by atoms with Gasteiger partial charge in [0.25, 0.3) is 5.91 Å². The number of carbonyl (C=O) groups is 2. The minimum atomic E-state index is -0.676. The van der Waals surface area contributed by atoms with Gasteiger partial charge in [-0.2, -0.15) is 0 Å². The van der Waals surface area contributed by atoms with Gasteiger partial charge in [-0.05, 0) is 23.8 Å². The Morgan fingerprint density at radius 3 is 2.50 bits per heavy atom. The third-order valence-electron chi connectivity index (χ3n) is 1.64. The van der Waals surface area contributed by atoms with E-state index in [0.717, 1.165) is 10.0 Å². The van der Waals surface area contributed by atoms with Gasteiger partial charge < -0.3 is 10.5 Å². The second-order valence-electron chi connectivity index (χ2n) is 2.96. The third kappa shape index (κ3) is 4.75. The summed E-state index contributed by atoms with van der Waals surface area (Å²) in [6.07, 6.45) is 2.84. The second-order valence-corrected chi connectivity index (χ2v) is 3.87. The average Bonchev–Trinajstić information content (AvgIpc) is 2.25. The van der Waals surface area contributed by atoms with Crippen molar-refractivity contribution in [3.8, 4) is 0 Å². The van der Waals surface area contributed by atoms with E-state index < -0.39 is 18.5 Å². The Kier molecular flexibility index (Phi) is 4.72. The van der Waals surface area contributed by atoms with E-state index >= 15 is 0 Å². The Balaban J connectivity index is 2.50. The molecule has 0 aliphatic rings. The summed E-state index contributed by atoms with van der Waals surface area (Å²) in [6, 6.07) is 7.38. The van der Waals surface area contributed by atoms with Crippen molar-refractivity contribution in [3.05, 3.63) is 40.4 Å². The Morgan fingerprint density at radius 1 is 1.31 bits per heavy atom. The van der Waals surface area contributed by atoms with Gasteiger partial charge in [0.05, 0.1) is 0 Å². The monoisotopic (exact) mass is 283 g/mol. The molecular weight excluding hydrogens is 274 g/mol. The topological polar surface area (TPSA) is 69.4 Å². The number of rotatable bonds is 4. The largest absolute Gasteiger partial charge is 0.452 e. The van der Waals surface area contributed by atoms with E-state index in [-0.39, 0.29) is 0 Å². The molecule has 0 aliphatic carbocycles. The molecule has 1 rings (SSSR count). The van der Waals surface area contributed by atoms with Crippen LogP contribution in [0.2, 0.25) is 0 Å². The Morgan fingerprint density at radius 2 is 1.94 bits per heavy atom. The maximum Gasteiger partial charge on any atom is 0.331 e. The predicted octanol–water partition coefficient (Wildman–Crippen LogP) is 1.49. The Hall–Kier alpha value is -1.62. The minimum Gasteiger partial charge on any atom is -0.452 e. The standard InChI is InChI=1S/C11H10BrNO3/c12-9-4-1-8(2-5-9)3-6-11(15)16-7-10(13)14/h1-6H,7H2,(H2,13,14)/b6-3+. The lowest BCUT2D eigenvalue weighted by Gasteiger charge is -1.97. The van der Waals surface area contributed by atoms with Crippen LogP contribution in [0.1, 0.15) is 5.56 Å². The summed E-state index contributed by atoms with van der Waals surface area (Å²) >= 11 is 3.30. The molecule has 0 heterocycles. The quantitative estimate of drug-likeness (QED) is 0.672. The summed E-state index contributed by atoms with van der Waals surface area (Å²) in [4.78, 5) is 21.4. The van der Waals surface area contributed by atoms with Crippen LogP contribution < -0.4 is 5.73 Å². The molecule has 1 amide bonds. The predicted molar refractivity (Wildman–Crippen MR) is 63.3 cm³/mol. The van der Waals surface area contributed by atoms with Crippen LogP contribution in [-0.4, -0.2) is 18.5 Å². The van der Waals surface area contributed by atoms with E-state index in [1.165, 1.54) is 6.08 Å². The molecule has 0 radical (unpaired) electrons. The summed E-state index contributed by atoms with van der Waals surface area (Å²) in [6.45, 7) is -0.399. The lowest BCUT2D eigenvalue weighted by Crippen LogP contribution is -2.19. The molecule has 84 valence electrons. The highest BCUT2D eigenvalue weighted by molar-refractivity contribution is 9.10. The number of primary amides is 1. The maximum atomic E-state index is 11.1. The minimum absolute atomic E-state index is 0.399. The molecule has 0 saturated carbocycles. The molecule has 1 aromatic carbocycles. The van der Waals surface area contributed by atoms with Gasteiger partial charge in [0.1, 0.15) is 0 Å². The van der Waals surface area contributed by atoms with Crippen LogP contribution >= 0.6 is 15.9 Å². The van der Waals surface area contributed by atoms with E-state index in [2.05, 4.69) is 20.7 Å². The van der Waals surface area contributed by atoms with Gasteiger partial charge in [0, 0.05) is 10.5 Å². The third-order valence-corrected chi connectivity index (χ3v) is 2.17. The summed E-state index contributed by atoms with van der Waals surface area (Å²) in [7, 11) is 0. The molecule has 0 aromatic heterocycles. The van der Waals surface area contributed by atoms with E-state index in [4.69, 9.17) is 5.73 Å². The van der Waals surface area contributed by atoms with Crippen LogP contribution in [0.3, 0.4) is 0 Å². The Labute approximate surface area is 101 Å². The highest BCUT2D eigenvalue weighted by Gasteiger charge is 1.99. The number of nitrogens with two attached hydrogens (primary N) is 1. The molecule has 0 unspecified atom stereocenters. The van der Waals surface area contributed by atoms with Gasteiger partial charge in [-0.25, -0.2) is 4.79 Å². The molecule has 0 bridgehead atoms. The molecule has 0 aliphatic heterocycles. The number of ether oxygens (including phenoxy) is 1. The molecule has 2 N–H and O–H groups in total. The maximum absolute atomic E-state index is 11.1. The average molecular weight is 284 g/mol. The van der Waals surface area contributed by atoms with E-state index in [1.54, 1.807) is 6.08 Å². The Bertz CT molecular complexity index is 412. The van der Waals surface area contributed by atoms with Crippen LogP contribution in [-0.2, 0) is 14.3 Å². The first kappa shape index (κ1) is 12.4. The second kappa shape index (κ2) is 6.07. The SMILES string of the molecule is NC(=O)COC(=O)/C=C/c1ccc(Br)cc1. The molecule has 0 spiro atoms. The van der Waals surface area contributed by atoms with Crippen LogP contribution in [0, 0.1) is 0 Å². The van der Waals surface area contributed by atoms with Gasteiger partial charge in [-0.15, -0.1) is 0 Å². The first-order chi connectivity index (χ1) is 7.58. The number of carbonyl (C=O) groups excluding carboxylic acids is 2. The normalized spacial score (nSPS) is 10.3. The summed E-state index contributed by atoms with van der Waals surface area (Å²) in [5.41, 5.74) is 5.68. The molecule has 0 atom stereocenters. The zero-order valence-corrected chi connectivity index (χ0v) is 9.94. The number of esters is 1. The fraction of sp³-hybridized carbons (Fsp3) is 0.0909. The van der Waals surface area contributed by atoms with Crippen molar-refractivity contribution in [1.29, 1.82) is 0 Å². The number of benzene rings is 1. The first-order valence-electron chi connectivity index (χ1n) is 4.46. The zero-order valence-electron chi connectivity index (χ0n) is 8.35. The fourth-order valence-electron chi connectivity index (χ4n) is 0.929. The molecular formula is C11H10BrNO3. The first-order valence-corrected chi connectivity index (χ1v) is 5.26. The van der Waals surface area contributed by atoms with E-state index in [9.17, 15) is 9.59 Å². The smallest absolute Gasteiger partial charge is 0.331 e. The van der Waals surface area contributed by atoms with E-state index in [0.29, 0.717) is 0 Å². The summed E-state index contributed by atoms with van der Waals surface area (Å²) < 4.78 is 5.50. The fourth-order valence-corrected chi connectivity index (χ4v) is 1.19. The van der Waals surface area contributed by atoms with Crippen molar-refractivity contribution in [1.82, 2.24) is 0 Å². The van der Waals surface area contributed by atoms with Gasteiger partial charge in [-0.1, -0.05) is 28.1 Å². The highest BCUT2D eigenvalue weighted by Crippen LogP contribution is 2.11. The number of halogens is 1. The van der Waals surface area contributed by atoms with Crippen LogP contribution in [0.15, 0.2) is 34.8 Å². The van der Waals surface area contributed by atoms with Crippen molar-refractivity contribution < 1.29 is 14.3 Å². The number of hydrogen-bond acceptors (Lipinski definition) is 3. The number of hydrogen-bond donors (Lipinski definition) is 1. The summed E-state index contributed by atoms with van der Waals surface area (Å²) in [5.74, 6) is -1.27. The molecule has 5 heteroatoms. The van der Waals surface area contributed by atoms with Crippen molar-refractivity contribution in [2.24, 2.45) is 5.73 Å². The molecule has 1 aromatic rings. The van der Waals surface area contributed by atoms with Gasteiger partial charge in [-0.3, -0.25) is 4.79 Å². The molecule has 0 fully saturated rings. The van der Waals surface area contributed by atoms with Crippen LogP contribution in [0.25, 0.3) is 6.08 Å². The van der Waals surface area contributed by atoms with Crippen molar-refractivity contribution in [2.45, 2.75) is 0 Å². The van der Waals surface area contributed by atoms with Gasteiger partial charge in [0.2, 0.25) is 0 Å². The number of amides is 1. The summed E-state index contributed by atoms with van der Waals surface area (Å²) in [5, 5.41) is 0. The zero-order chi connectivity index (χ0) is 12.0. The molecule has 16 heavy (non-hydrogen) atoms. The van der Waals surface area contributed by atoms with Gasteiger partial charge >= 0.3 is 5.97 Å². The highest BCUT2D eigenvalue weighted by atomic mass is 79.9. The lowest BCUT2D eigenvalue weighted by molar-refractivity contribution is -0.142. The van der Waals surface area contributed by atoms with Crippen molar-refractivity contribution in [3.63, 3.8) is 0 Å². The molecule has 0 saturated heterocycles. The van der Waals surface area contributed by atoms with Crippen LogP contribution in [0.4, 0.5) is 0 Å². The van der Waals surface area contributed by atoms with E-state index in [1.807, 2.05) is 24.3 Å². The van der Waals surface area contributed by atoms with Crippen molar-refractivity contribution >= 4 is 33.9 Å². The van der Waals surface area contributed by atoms with Crippen molar-refractivity contribution in [2.75, 3.05) is 6.61 Å². The van der Waals surface area contributed by atoms with Crippen LogP contribution in [0.5, 0.6) is 0 Å². The molecule has 4 nitrogen and oxygen atoms in total.